The first-order chi connectivity index (χ1) is 21.2. The molecule has 4 amide bonds. The van der Waals surface area contributed by atoms with Crippen molar-refractivity contribution in [2.45, 2.75) is 43.9 Å². The Bertz CT molecular complexity index is 1430. The number of halogens is 1. The molecule has 2 N–H and O–H groups in total. The summed E-state index contributed by atoms with van der Waals surface area (Å²) in [5.41, 5.74) is 2.89. The van der Waals surface area contributed by atoms with Crippen molar-refractivity contribution in [2.24, 2.45) is 0 Å². The van der Waals surface area contributed by atoms with Gasteiger partial charge >= 0.3 is 12.0 Å². The molecule has 11 heteroatoms. The maximum Gasteiger partial charge on any atom is 0.334 e. The van der Waals surface area contributed by atoms with E-state index in [1.54, 1.807) is 24.1 Å². The molecule has 0 aromatic heterocycles. The van der Waals surface area contributed by atoms with Crippen molar-refractivity contribution in [3.8, 4) is 0 Å². The Morgan fingerprint density at radius 3 is 2.16 bits per heavy atom. The summed E-state index contributed by atoms with van der Waals surface area (Å²) < 4.78 is 13.4. The molecule has 2 fully saturated rings. The van der Waals surface area contributed by atoms with Crippen LogP contribution in [0.5, 0.6) is 0 Å². The van der Waals surface area contributed by atoms with Gasteiger partial charge in [0.1, 0.15) is 18.0 Å². The van der Waals surface area contributed by atoms with E-state index in [1.165, 1.54) is 27.1 Å². The SMILES string of the molecule is CN1CC(=O)N2[C@@H](CCC(=O)O)C(=O)N(CCC(c3ccccc3)c3ccccc3)C[C@@H]2N1C(=O)NCc1ccc(F)cc1. The van der Waals surface area contributed by atoms with Crippen molar-refractivity contribution >= 4 is 23.8 Å². The molecule has 2 atom stereocenters. The number of rotatable bonds is 10. The second kappa shape index (κ2) is 13.7. The largest absolute Gasteiger partial charge is 0.481 e. The third-order valence-electron chi connectivity index (χ3n) is 8.23. The normalized spacial score (nSPS) is 18.8. The van der Waals surface area contributed by atoms with Crippen LogP contribution in [-0.2, 0) is 20.9 Å². The molecule has 2 saturated heterocycles. The average Bonchev–Trinajstić information content (AvgIpc) is 3.01. The number of carbonyl (C=O) groups excluding carboxylic acids is 3. The summed E-state index contributed by atoms with van der Waals surface area (Å²) in [4.78, 5) is 55.4. The Kier molecular flexibility index (Phi) is 9.54. The van der Waals surface area contributed by atoms with Crippen LogP contribution in [0.15, 0.2) is 84.9 Å². The first kappa shape index (κ1) is 30.7. The fraction of sp³-hybridized carbons (Fsp3) is 0.333. The first-order valence-electron chi connectivity index (χ1n) is 14.7. The number of piperazine rings is 1. The van der Waals surface area contributed by atoms with E-state index in [0.717, 1.165) is 11.1 Å². The number of carbonyl (C=O) groups is 4. The monoisotopic (exact) mass is 601 g/mol. The molecule has 0 spiro atoms. The minimum absolute atomic E-state index is 0.00790. The number of hydrogen-bond acceptors (Lipinski definition) is 5. The smallest absolute Gasteiger partial charge is 0.334 e. The molecule has 2 aliphatic heterocycles. The highest BCUT2D eigenvalue weighted by Gasteiger charge is 2.50. The number of carboxylic acids is 1. The Balaban J connectivity index is 1.40. The van der Waals surface area contributed by atoms with Crippen molar-refractivity contribution in [1.82, 2.24) is 25.1 Å². The Morgan fingerprint density at radius 2 is 1.57 bits per heavy atom. The van der Waals surface area contributed by atoms with Gasteiger partial charge in [0, 0.05) is 32.5 Å². The minimum Gasteiger partial charge on any atom is -0.481 e. The summed E-state index contributed by atoms with van der Waals surface area (Å²) in [5, 5.41) is 15.2. The lowest BCUT2D eigenvalue weighted by Crippen LogP contribution is -2.76. The van der Waals surface area contributed by atoms with Gasteiger partial charge in [0.15, 0.2) is 0 Å². The van der Waals surface area contributed by atoms with E-state index in [2.05, 4.69) is 29.6 Å². The predicted octanol–water partition coefficient (Wildman–Crippen LogP) is 3.65. The van der Waals surface area contributed by atoms with E-state index in [0.29, 0.717) is 18.5 Å². The number of nitrogens with zero attached hydrogens (tertiary/aromatic N) is 4. The quantitative estimate of drug-likeness (QED) is 0.367. The standard InChI is InChI=1S/C33H36FN5O5/c1-36-22-30(40)38-28(16-17-31(41)42)32(43)37(19-18-27(24-8-4-2-5-9-24)25-10-6-3-7-11-25)21-29(38)39(36)33(44)35-20-23-12-14-26(34)15-13-23/h2-15,27-29H,16-22H2,1H3,(H,35,44)(H,41,42)/t28-,29-/m0/s1. The highest BCUT2D eigenvalue weighted by atomic mass is 19.1. The number of urea groups is 1. The van der Waals surface area contributed by atoms with Crippen LogP contribution in [0.4, 0.5) is 9.18 Å². The Labute approximate surface area is 255 Å². The van der Waals surface area contributed by atoms with Gasteiger partial charge in [-0.25, -0.2) is 19.2 Å². The Hall–Kier alpha value is -4.77. The van der Waals surface area contributed by atoms with E-state index in [4.69, 9.17) is 0 Å². The number of aliphatic carboxylic acids is 1. The van der Waals surface area contributed by atoms with Gasteiger partial charge in [-0.2, -0.15) is 0 Å². The molecule has 0 aliphatic carbocycles. The maximum atomic E-state index is 13.9. The van der Waals surface area contributed by atoms with E-state index in [-0.39, 0.29) is 56.0 Å². The number of amides is 4. The van der Waals surface area contributed by atoms with Gasteiger partial charge in [-0.1, -0.05) is 72.8 Å². The molecule has 0 unspecified atom stereocenters. The molecule has 2 heterocycles. The number of benzene rings is 3. The Morgan fingerprint density at radius 1 is 0.955 bits per heavy atom. The van der Waals surface area contributed by atoms with Gasteiger partial charge < -0.3 is 20.2 Å². The number of hydrogen-bond donors (Lipinski definition) is 2. The molecule has 0 bridgehead atoms. The van der Waals surface area contributed by atoms with Crippen LogP contribution < -0.4 is 5.32 Å². The summed E-state index contributed by atoms with van der Waals surface area (Å²) in [6.45, 7) is 0.384. The van der Waals surface area contributed by atoms with Crippen LogP contribution in [0.25, 0.3) is 0 Å². The number of carboxylic acid groups (broad SMARTS) is 1. The first-order valence-corrected chi connectivity index (χ1v) is 14.7. The summed E-state index contributed by atoms with van der Waals surface area (Å²) >= 11 is 0. The second-order valence-electron chi connectivity index (χ2n) is 11.1. The van der Waals surface area contributed by atoms with Crippen LogP contribution in [0.3, 0.4) is 0 Å². The second-order valence-corrected chi connectivity index (χ2v) is 11.1. The highest BCUT2D eigenvalue weighted by molar-refractivity contribution is 5.91. The number of likely N-dealkylation sites (N-methyl/N-ethyl adjacent to an activating group) is 1. The van der Waals surface area contributed by atoms with E-state index >= 15 is 0 Å². The number of nitrogens with one attached hydrogen (secondary N) is 1. The molecule has 0 saturated carbocycles. The highest BCUT2D eigenvalue weighted by Crippen LogP contribution is 2.31. The lowest BCUT2D eigenvalue weighted by atomic mass is 9.88. The van der Waals surface area contributed by atoms with Gasteiger partial charge in [0.2, 0.25) is 11.8 Å². The van der Waals surface area contributed by atoms with Crippen LogP contribution in [0, 0.1) is 5.82 Å². The van der Waals surface area contributed by atoms with E-state index in [1.807, 2.05) is 36.4 Å². The molecular formula is C33H36FN5O5. The van der Waals surface area contributed by atoms with Crippen LogP contribution in [-0.4, -0.2) is 87.6 Å². The van der Waals surface area contributed by atoms with Crippen molar-refractivity contribution in [1.29, 1.82) is 0 Å². The molecular weight excluding hydrogens is 565 g/mol. The van der Waals surface area contributed by atoms with Gasteiger partial charge in [-0.15, -0.1) is 0 Å². The zero-order chi connectivity index (χ0) is 31.2. The van der Waals surface area contributed by atoms with Crippen molar-refractivity contribution in [2.75, 3.05) is 26.7 Å². The zero-order valence-corrected chi connectivity index (χ0v) is 24.5. The van der Waals surface area contributed by atoms with E-state index in [9.17, 15) is 28.7 Å². The summed E-state index contributed by atoms with van der Waals surface area (Å²) in [7, 11) is 1.63. The predicted molar refractivity (Wildman–Crippen MR) is 160 cm³/mol. The molecule has 0 radical (unpaired) electrons. The lowest BCUT2D eigenvalue weighted by molar-refractivity contribution is -0.187. The van der Waals surface area contributed by atoms with Crippen LogP contribution >= 0.6 is 0 Å². The van der Waals surface area contributed by atoms with Gasteiger partial charge in [-0.3, -0.25) is 14.4 Å². The van der Waals surface area contributed by atoms with E-state index < -0.39 is 24.2 Å². The summed E-state index contributed by atoms with van der Waals surface area (Å²) in [6, 6.07) is 24.3. The lowest BCUT2D eigenvalue weighted by Gasteiger charge is -2.54. The number of hydrazine groups is 1. The van der Waals surface area contributed by atoms with Crippen molar-refractivity contribution < 1.29 is 28.7 Å². The fourth-order valence-electron chi connectivity index (χ4n) is 6.09. The van der Waals surface area contributed by atoms with Crippen LogP contribution in [0.1, 0.15) is 41.9 Å². The molecule has 3 aromatic rings. The van der Waals surface area contributed by atoms with Crippen molar-refractivity contribution in [3.05, 3.63) is 107 Å². The number of fused-ring (bicyclic) bond motifs is 1. The molecule has 2 aliphatic rings. The maximum absolute atomic E-state index is 13.9. The third-order valence-corrected chi connectivity index (χ3v) is 8.23. The molecule has 5 rings (SSSR count). The molecule has 230 valence electrons. The van der Waals surface area contributed by atoms with Crippen LogP contribution in [0.2, 0.25) is 0 Å². The third kappa shape index (κ3) is 6.89. The van der Waals surface area contributed by atoms with Crippen molar-refractivity contribution in [3.63, 3.8) is 0 Å². The minimum atomic E-state index is -1.07. The van der Waals surface area contributed by atoms with Gasteiger partial charge in [0.05, 0.1) is 13.1 Å². The van der Waals surface area contributed by atoms with Gasteiger partial charge in [-0.05, 0) is 41.7 Å². The summed E-state index contributed by atoms with van der Waals surface area (Å²) in [5.74, 6) is -2.14. The zero-order valence-electron chi connectivity index (χ0n) is 24.5. The molecule has 3 aromatic carbocycles. The average molecular weight is 602 g/mol. The topological polar surface area (TPSA) is 114 Å². The molecule has 10 nitrogen and oxygen atoms in total. The fourth-order valence-corrected chi connectivity index (χ4v) is 6.09. The van der Waals surface area contributed by atoms with Gasteiger partial charge in [0.25, 0.3) is 0 Å². The molecule has 44 heavy (non-hydrogen) atoms. The summed E-state index contributed by atoms with van der Waals surface area (Å²) in [6.07, 6.45) is -0.622.